The van der Waals surface area contributed by atoms with Crippen molar-refractivity contribution >= 4 is 22.9 Å². The van der Waals surface area contributed by atoms with Gasteiger partial charge in [0, 0.05) is 11.8 Å². The molecule has 2 atom stereocenters. The average molecular weight is 422 g/mol. The molecule has 29 heavy (non-hydrogen) atoms. The third-order valence-electron chi connectivity index (χ3n) is 5.70. The van der Waals surface area contributed by atoms with Gasteiger partial charge in [0.05, 0.1) is 6.61 Å². The molecule has 1 aliphatic heterocycles. The van der Waals surface area contributed by atoms with Crippen molar-refractivity contribution in [3.8, 4) is 0 Å². The van der Waals surface area contributed by atoms with E-state index in [9.17, 15) is 19.7 Å². The molecular formula is C20H27N3O5S. The Labute approximate surface area is 174 Å². The minimum Gasteiger partial charge on any atom is -0.354 e. The molecular weight excluding hydrogens is 394 g/mol. The van der Waals surface area contributed by atoms with E-state index in [0.717, 1.165) is 37.7 Å². The van der Waals surface area contributed by atoms with Crippen LogP contribution in [0.25, 0.3) is 0 Å². The molecule has 3 rings (SSSR count). The molecule has 1 saturated heterocycles. The monoisotopic (exact) mass is 421 g/mol. The summed E-state index contributed by atoms with van der Waals surface area (Å²) < 4.78 is 0. The molecule has 2 aliphatic rings. The van der Waals surface area contributed by atoms with Crippen LogP contribution in [0.3, 0.4) is 0 Å². The van der Waals surface area contributed by atoms with Crippen molar-refractivity contribution in [1.82, 2.24) is 10.6 Å². The molecule has 0 bridgehead atoms. The van der Waals surface area contributed by atoms with E-state index in [1.165, 1.54) is 11.8 Å². The fraction of sp³-hybridized carbons (Fsp3) is 0.600. The number of amides is 2. The summed E-state index contributed by atoms with van der Waals surface area (Å²) in [6.07, 6.45) is 5.37. The molecule has 1 heterocycles. The Morgan fingerprint density at radius 1 is 1.21 bits per heavy atom. The minimum atomic E-state index is -0.729. The molecule has 1 saturated carbocycles. The highest BCUT2D eigenvalue weighted by Gasteiger charge is 2.38. The molecule has 158 valence electrons. The summed E-state index contributed by atoms with van der Waals surface area (Å²) in [5, 5.41) is 15.1. The fourth-order valence-corrected chi connectivity index (χ4v) is 5.14. The molecule has 0 aromatic heterocycles. The summed E-state index contributed by atoms with van der Waals surface area (Å²) in [5.41, 5.74) is 1.11. The summed E-state index contributed by atoms with van der Waals surface area (Å²) in [7, 11) is 0. The number of benzene rings is 1. The minimum absolute atomic E-state index is 0.109. The normalized spacial score (nSPS) is 26.6. The predicted octanol–water partition coefficient (Wildman–Crippen LogP) is 2.94. The third kappa shape index (κ3) is 6.62. The topological polar surface area (TPSA) is 111 Å². The maximum Gasteiger partial charge on any atom is 0.294 e. The number of carbonyl (C=O) groups is 2. The SMILES string of the molecule is O=C1NC(C(=O)NCCC2CCC(CO[N+](=O)[O-])CC2)C(Cc2ccccc2)S1. The Morgan fingerprint density at radius 2 is 1.90 bits per heavy atom. The number of nitrogens with zero attached hydrogens (tertiary/aromatic N) is 1. The number of rotatable bonds is 9. The van der Waals surface area contributed by atoms with Crippen molar-refractivity contribution in [3.63, 3.8) is 0 Å². The lowest BCUT2D eigenvalue weighted by atomic mass is 9.81. The van der Waals surface area contributed by atoms with Crippen molar-refractivity contribution in [2.75, 3.05) is 13.2 Å². The summed E-state index contributed by atoms with van der Waals surface area (Å²) in [5.74, 6) is 0.628. The van der Waals surface area contributed by atoms with Crippen molar-refractivity contribution in [2.45, 2.75) is 49.8 Å². The van der Waals surface area contributed by atoms with Gasteiger partial charge >= 0.3 is 0 Å². The zero-order valence-electron chi connectivity index (χ0n) is 16.2. The summed E-state index contributed by atoms with van der Waals surface area (Å²) >= 11 is 1.19. The Hall–Kier alpha value is -2.29. The molecule has 0 radical (unpaired) electrons. The Morgan fingerprint density at radius 3 is 2.59 bits per heavy atom. The molecule has 2 amide bonds. The van der Waals surface area contributed by atoms with Crippen molar-refractivity contribution in [1.29, 1.82) is 0 Å². The number of thioether (sulfide) groups is 1. The van der Waals surface area contributed by atoms with E-state index >= 15 is 0 Å². The smallest absolute Gasteiger partial charge is 0.294 e. The van der Waals surface area contributed by atoms with Crippen LogP contribution in [0, 0.1) is 22.0 Å². The van der Waals surface area contributed by atoms with E-state index in [0.29, 0.717) is 18.9 Å². The predicted molar refractivity (Wildman–Crippen MR) is 110 cm³/mol. The van der Waals surface area contributed by atoms with Gasteiger partial charge in [0.2, 0.25) is 5.91 Å². The van der Waals surface area contributed by atoms with Gasteiger partial charge in [-0.2, -0.15) is 0 Å². The van der Waals surface area contributed by atoms with E-state index in [1.807, 2.05) is 30.3 Å². The van der Waals surface area contributed by atoms with Gasteiger partial charge in [-0.3, -0.25) is 9.59 Å². The van der Waals surface area contributed by atoms with Gasteiger partial charge in [-0.05, 0) is 43.1 Å². The molecule has 2 unspecified atom stereocenters. The lowest BCUT2D eigenvalue weighted by Crippen LogP contribution is -2.47. The summed E-state index contributed by atoms with van der Waals surface area (Å²) in [4.78, 5) is 39.2. The number of hydrogen-bond acceptors (Lipinski definition) is 6. The van der Waals surface area contributed by atoms with Gasteiger partial charge in [0.25, 0.3) is 10.3 Å². The highest BCUT2D eigenvalue weighted by molar-refractivity contribution is 8.14. The Balaban J connectivity index is 1.38. The Bertz CT molecular complexity index is 709. The van der Waals surface area contributed by atoms with Crippen LogP contribution in [0.4, 0.5) is 4.79 Å². The van der Waals surface area contributed by atoms with Crippen LogP contribution in [0.2, 0.25) is 0 Å². The van der Waals surface area contributed by atoms with Crippen molar-refractivity contribution < 1.29 is 19.5 Å². The van der Waals surface area contributed by atoms with Crippen molar-refractivity contribution in [3.05, 3.63) is 46.0 Å². The van der Waals surface area contributed by atoms with Crippen molar-refractivity contribution in [2.24, 2.45) is 11.8 Å². The summed E-state index contributed by atoms with van der Waals surface area (Å²) in [6.45, 7) is 0.757. The number of hydrogen-bond donors (Lipinski definition) is 2. The first-order valence-electron chi connectivity index (χ1n) is 10.1. The first-order chi connectivity index (χ1) is 14.0. The second-order valence-electron chi connectivity index (χ2n) is 7.74. The van der Waals surface area contributed by atoms with E-state index in [2.05, 4.69) is 15.5 Å². The largest absolute Gasteiger partial charge is 0.354 e. The molecule has 2 N–H and O–H groups in total. The standard InChI is InChI=1S/C20H27N3O5S/c24-19(18-17(29-20(25)22-18)12-15-4-2-1-3-5-15)21-11-10-14-6-8-16(9-7-14)13-28-23(26)27/h1-5,14,16-18H,6-13H2,(H,21,24)(H,22,25). The lowest BCUT2D eigenvalue weighted by Gasteiger charge is -2.28. The van der Waals surface area contributed by atoms with Crippen LogP contribution >= 0.6 is 11.8 Å². The second kappa shape index (κ2) is 10.5. The summed E-state index contributed by atoms with van der Waals surface area (Å²) in [6, 6.07) is 9.36. The van der Waals surface area contributed by atoms with E-state index in [1.54, 1.807) is 0 Å². The first-order valence-corrected chi connectivity index (χ1v) is 11.0. The quantitative estimate of drug-likeness (QED) is 0.468. The van der Waals surface area contributed by atoms with Crippen LogP contribution in [-0.2, 0) is 16.1 Å². The Kier molecular flexibility index (Phi) is 7.74. The maximum absolute atomic E-state index is 12.6. The molecule has 8 nitrogen and oxygen atoms in total. The highest BCUT2D eigenvalue weighted by atomic mass is 32.2. The van der Waals surface area contributed by atoms with E-state index in [-0.39, 0.29) is 28.9 Å². The molecule has 9 heteroatoms. The highest BCUT2D eigenvalue weighted by Crippen LogP contribution is 2.31. The van der Waals surface area contributed by atoms with Crippen LogP contribution in [0.5, 0.6) is 0 Å². The van der Waals surface area contributed by atoms with Gasteiger partial charge in [0.1, 0.15) is 6.04 Å². The van der Waals surface area contributed by atoms with Gasteiger partial charge in [-0.25, -0.2) is 0 Å². The van der Waals surface area contributed by atoms with Gasteiger partial charge in [-0.15, -0.1) is 10.1 Å². The second-order valence-corrected chi connectivity index (χ2v) is 8.95. The van der Waals surface area contributed by atoms with Crippen LogP contribution in [0.1, 0.15) is 37.7 Å². The van der Waals surface area contributed by atoms with E-state index in [4.69, 9.17) is 0 Å². The van der Waals surface area contributed by atoms with Gasteiger partial charge in [0.15, 0.2) is 0 Å². The van der Waals surface area contributed by atoms with Gasteiger partial charge < -0.3 is 15.5 Å². The molecule has 1 aliphatic carbocycles. The molecule has 1 aromatic carbocycles. The van der Waals surface area contributed by atoms with Crippen LogP contribution in [0.15, 0.2) is 30.3 Å². The zero-order valence-corrected chi connectivity index (χ0v) is 17.1. The van der Waals surface area contributed by atoms with Gasteiger partial charge in [-0.1, -0.05) is 54.9 Å². The third-order valence-corrected chi connectivity index (χ3v) is 6.77. The van der Waals surface area contributed by atoms with Crippen LogP contribution < -0.4 is 10.6 Å². The first kappa shape index (κ1) is 21.4. The lowest BCUT2D eigenvalue weighted by molar-refractivity contribution is -0.759. The molecule has 2 fully saturated rings. The fourth-order valence-electron chi connectivity index (χ4n) is 4.06. The maximum atomic E-state index is 12.6. The van der Waals surface area contributed by atoms with E-state index < -0.39 is 11.1 Å². The molecule has 1 aromatic rings. The number of carbonyl (C=O) groups excluding carboxylic acids is 2. The van der Waals surface area contributed by atoms with Crippen LogP contribution in [-0.4, -0.2) is 40.7 Å². The average Bonchev–Trinajstić information content (AvgIpc) is 3.08. The molecule has 0 spiro atoms. The number of nitrogens with one attached hydrogen (secondary N) is 2. The zero-order chi connectivity index (χ0) is 20.6.